The Morgan fingerprint density at radius 2 is 0.500 bits per heavy atom. The second-order valence-corrected chi connectivity index (χ2v) is 11.1. The Morgan fingerprint density at radius 1 is 0.250 bits per heavy atom. The first-order valence-corrected chi connectivity index (χ1v) is 15.1. The molecule has 7 aromatic rings. The molecular weight excluding hydrogens is 530 g/mol. The predicted octanol–water partition coefficient (Wildman–Crippen LogP) is 11.8. The Kier molecular flexibility index (Phi) is 7.60. The van der Waals surface area contributed by atoms with Gasteiger partial charge in [-0.3, -0.25) is 0 Å². The zero-order valence-electron chi connectivity index (χ0n) is 24.8. The maximum absolute atomic E-state index is 2.29. The third-order valence-corrected chi connectivity index (χ3v) is 8.31. The van der Waals surface area contributed by atoms with Crippen LogP contribution in [0.3, 0.4) is 0 Å². The Balaban J connectivity index is 1.08. The van der Waals surface area contributed by atoms with Gasteiger partial charge in [-0.2, -0.15) is 0 Å². The summed E-state index contributed by atoms with van der Waals surface area (Å²) in [5, 5.41) is 0. The molecule has 7 aromatic carbocycles. The molecule has 0 spiro atoms. The standard InChI is InChI=1S/C43H33N/c1-44(42-25-21-34(22-26-42)38-17-8-15-36(29-38)32-11-4-2-5-12-32)43-27-23-35(24-28-43)39-18-10-20-41(31-39)40-19-9-16-37(30-40)33-13-6-3-7-14-33/h2-31H,1H3. The predicted molar refractivity (Wildman–Crippen MR) is 188 cm³/mol. The van der Waals surface area contributed by atoms with E-state index in [2.05, 4.69) is 194 Å². The molecule has 0 atom stereocenters. The Labute approximate surface area is 260 Å². The van der Waals surface area contributed by atoms with Crippen LogP contribution in [0.5, 0.6) is 0 Å². The quantitative estimate of drug-likeness (QED) is 0.186. The normalized spacial score (nSPS) is 10.8. The first kappa shape index (κ1) is 27.2. The van der Waals surface area contributed by atoms with Crippen LogP contribution in [0, 0.1) is 0 Å². The molecule has 0 aliphatic heterocycles. The molecule has 0 unspecified atom stereocenters. The molecule has 0 radical (unpaired) electrons. The van der Waals surface area contributed by atoms with E-state index in [-0.39, 0.29) is 0 Å². The van der Waals surface area contributed by atoms with E-state index < -0.39 is 0 Å². The SMILES string of the molecule is CN(c1ccc(-c2cccc(-c3ccccc3)c2)cc1)c1ccc(-c2cccc(-c3cccc(-c4ccccc4)c3)c2)cc1. The highest BCUT2D eigenvalue weighted by atomic mass is 15.1. The van der Waals surface area contributed by atoms with E-state index in [9.17, 15) is 0 Å². The molecule has 7 rings (SSSR count). The Hall–Kier alpha value is -5.66. The Morgan fingerprint density at radius 3 is 0.818 bits per heavy atom. The van der Waals surface area contributed by atoms with Crippen molar-refractivity contribution < 1.29 is 0 Å². The summed E-state index contributed by atoms with van der Waals surface area (Å²) < 4.78 is 0. The van der Waals surface area contributed by atoms with Crippen molar-refractivity contribution in [1.82, 2.24) is 0 Å². The summed E-state index contributed by atoms with van der Waals surface area (Å²) in [5.41, 5.74) is 14.5. The second kappa shape index (κ2) is 12.3. The van der Waals surface area contributed by atoms with Gasteiger partial charge in [-0.15, -0.1) is 0 Å². The summed E-state index contributed by atoms with van der Waals surface area (Å²) in [6.45, 7) is 0. The van der Waals surface area contributed by atoms with Crippen LogP contribution in [0.2, 0.25) is 0 Å². The average molecular weight is 564 g/mol. The second-order valence-electron chi connectivity index (χ2n) is 11.1. The maximum atomic E-state index is 2.29. The molecule has 0 aliphatic carbocycles. The molecule has 0 fully saturated rings. The van der Waals surface area contributed by atoms with Crippen molar-refractivity contribution in [2.24, 2.45) is 0 Å². The summed E-state index contributed by atoms with van der Waals surface area (Å²) in [4.78, 5) is 2.24. The van der Waals surface area contributed by atoms with Gasteiger partial charge in [-0.25, -0.2) is 0 Å². The number of anilines is 2. The fourth-order valence-corrected chi connectivity index (χ4v) is 5.80. The third kappa shape index (κ3) is 5.82. The molecule has 0 saturated carbocycles. The highest BCUT2D eigenvalue weighted by molar-refractivity contribution is 5.78. The minimum Gasteiger partial charge on any atom is -0.345 e. The van der Waals surface area contributed by atoms with Crippen LogP contribution in [0.4, 0.5) is 11.4 Å². The molecule has 44 heavy (non-hydrogen) atoms. The van der Waals surface area contributed by atoms with Gasteiger partial charge in [0.1, 0.15) is 0 Å². The van der Waals surface area contributed by atoms with E-state index in [0.717, 1.165) is 11.4 Å². The van der Waals surface area contributed by atoms with E-state index >= 15 is 0 Å². The van der Waals surface area contributed by atoms with Crippen molar-refractivity contribution in [3.63, 3.8) is 0 Å². The molecule has 1 heteroatoms. The number of nitrogens with zero attached hydrogens (tertiary/aromatic N) is 1. The van der Waals surface area contributed by atoms with Crippen LogP contribution in [-0.4, -0.2) is 7.05 Å². The summed E-state index contributed by atoms with van der Waals surface area (Å²) in [6, 6.07) is 65.1. The number of hydrogen-bond acceptors (Lipinski definition) is 1. The molecule has 1 nitrogen and oxygen atoms in total. The van der Waals surface area contributed by atoms with Gasteiger partial charge < -0.3 is 4.90 Å². The van der Waals surface area contributed by atoms with Gasteiger partial charge in [0.2, 0.25) is 0 Å². The van der Waals surface area contributed by atoms with Crippen LogP contribution >= 0.6 is 0 Å². The highest BCUT2D eigenvalue weighted by Gasteiger charge is 2.08. The highest BCUT2D eigenvalue weighted by Crippen LogP contribution is 2.33. The van der Waals surface area contributed by atoms with Crippen LogP contribution in [-0.2, 0) is 0 Å². The van der Waals surface area contributed by atoms with Gasteiger partial charge in [0.15, 0.2) is 0 Å². The average Bonchev–Trinajstić information content (AvgIpc) is 3.12. The van der Waals surface area contributed by atoms with E-state index in [0.29, 0.717) is 0 Å². The summed E-state index contributed by atoms with van der Waals surface area (Å²) in [5.74, 6) is 0. The van der Waals surface area contributed by atoms with Crippen molar-refractivity contribution in [2.75, 3.05) is 11.9 Å². The molecule has 0 N–H and O–H groups in total. The lowest BCUT2D eigenvalue weighted by atomic mass is 9.96. The lowest BCUT2D eigenvalue weighted by Crippen LogP contribution is -2.08. The molecule has 0 heterocycles. The number of rotatable bonds is 7. The molecule has 0 aliphatic rings. The van der Waals surface area contributed by atoms with E-state index in [1.165, 1.54) is 55.6 Å². The van der Waals surface area contributed by atoms with E-state index in [4.69, 9.17) is 0 Å². The first-order chi connectivity index (χ1) is 21.7. The lowest BCUT2D eigenvalue weighted by Gasteiger charge is -2.20. The van der Waals surface area contributed by atoms with Gasteiger partial charge in [-0.05, 0) is 98.1 Å². The molecule has 210 valence electrons. The largest absolute Gasteiger partial charge is 0.345 e. The van der Waals surface area contributed by atoms with Gasteiger partial charge in [0, 0.05) is 18.4 Å². The first-order valence-electron chi connectivity index (χ1n) is 15.1. The van der Waals surface area contributed by atoms with Gasteiger partial charge >= 0.3 is 0 Å². The monoisotopic (exact) mass is 563 g/mol. The van der Waals surface area contributed by atoms with Crippen molar-refractivity contribution in [3.8, 4) is 55.6 Å². The van der Waals surface area contributed by atoms with Gasteiger partial charge in [0.05, 0.1) is 0 Å². The van der Waals surface area contributed by atoms with E-state index in [1.807, 2.05) is 0 Å². The molecule has 0 saturated heterocycles. The summed E-state index contributed by atoms with van der Waals surface area (Å²) in [7, 11) is 2.13. The van der Waals surface area contributed by atoms with Crippen LogP contribution in [0.15, 0.2) is 182 Å². The van der Waals surface area contributed by atoms with Crippen molar-refractivity contribution >= 4 is 11.4 Å². The van der Waals surface area contributed by atoms with Crippen LogP contribution < -0.4 is 4.90 Å². The fraction of sp³-hybridized carbons (Fsp3) is 0.0233. The van der Waals surface area contributed by atoms with Crippen molar-refractivity contribution in [1.29, 1.82) is 0 Å². The minimum atomic E-state index is 1.15. The maximum Gasteiger partial charge on any atom is 0.0408 e. The molecule has 0 aromatic heterocycles. The van der Waals surface area contributed by atoms with Crippen LogP contribution in [0.1, 0.15) is 0 Å². The molecule has 0 bridgehead atoms. The lowest BCUT2D eigenvalue weighted by molar-refractivity contribution is 1.21. The molecule has 0 amide bonds. The number of benzene rings is 7. The van der Waals surface area contributed by atoms with Gasteiger partial charge in [0.25, 0.3) is 0 Å². The van der Waals surface area contributed by atoms with Gasteiger partial charge in [-0.1, -0.05) is 140 Å². The summed E-state index contributed by atoms with van der Waals surface area (Å²) in [6.07, 6.45) is 0. The van der Waals surface area contributed by atoms with Crippen molar-refractivity contribution in [2.45, 2.75) is 0 Å². The summed E-state index contributed by atoms with van der Waals surface area (Å²) >= 11 is 0. The zero-order valence-corrected chi connectivity index (χ0v) is 24.8. The van der Waals surface area contributed by atoms with Crippen molar-refractivity contribution in [3.05, 3.63) is 182 Å². The fourth-order valence-electron chi connectivity index (χ4n) is 5.80. The zero-order chi connectivity index (χ0) is 29.7. The topological polar surface area (TPSA) is 3.24 Å². The van der Waals surface area contributed by atoms with Crippen LogP contribution in [0.25, 0.3) is 55.6 Å². The number of hydrogen-bond donors (Lipinski definition) is 0. The smallest absolute Gasteiger partial charge is 0.0408 e. The molecular formula is C43H33N. The minimum absolute atomic E-state index is 1.15. The van der Waals surface area contributed by atoms with E-state index in [1.54, 1.807) is 0 Å². The Bertz CT molecular complexity index is 1990. The third-order valence-electron chi connectivity index (χ3n) is 8.31.